The zero-order valence-corrected chi connectivity index (χ0v) is 24.4. The second-order valence-corrected chi connectivity index (χ2v) is 11.4. The summed E-state index contributed by atoms with van der Waals surface area (Å²) in [7, 11) is 0. The summed E-state index contributed by atoms with van der Waals surface area (Å²) >= 11 is 22.0. The number of rotatable bonds is 18. The van der Waals surface area contributed by atoms with Gasteiger partial charge in [-0.3, -0.25) is 9.89 Å². The highest BCUT2D eigenvalue weighted by Crippen LogP contribution is 2.32. The number of aromatic amines is 1. The highest BCUT2D eigenvalue weighted by Gasteiger charge is 2.17. The van der Waals surface area contributed by atoms with Crippen LogP contribution >= 0.6 is 50.7 Å². The molecule has 1 aromatic heterocycles. The van der Waals surface area contributed by atoms with E-state index in [1.807, 2.05) is 0 Å². The van der Waals surface area contributed by atoms with Gasteiger partial charge in [-0.25, -0.2) is 4.68 Å². The number of hydrogen-bond acceptors (Lipinski definition) is 1. The predicted octanol–water partition coefficient (Wildman–Crippen LogP) is 10.7. The van der Waals surface area contributed by atoms with Gasteiger partial charge in [-0.2, -0.15) is 0 Å². The number of aryl methyl sites for hydroxylation is 1. The van der Waals surface area contributed by atoms with Crippen LogP contribution in [-0.2, 0) is 6.42 Å². The number of halogens is 4. The Kier molecular flexibility index (Phi) is 15.0. The Morgan fingerprint density at radius 3 is 1.59 bits per heavy atom. The Bertz CT molecular complexity index is 887. The van der Waals surface area contributed by atoms with E-state index in [0.717, 1.165) is 18.5 Å². The van der Waals surface area contributed by atoms with Crippen LogP contribution < -0.4 is 5.56 Å². The Labute approximate surface area is 229 Å². The maximum atomic E-state index is 12.7. The minimum atomic E-state index is -0.197. The van der Waals surface area contributed by atoms with Crippen LogP contribution in [0.25, 0.3) is 5.69 Å². The van der Waals surface area contributed by atoms with E-state index < -0.39 is 0 Å². The SMILES string of the molecule is CCCCCCCCCCCCCCCCCCc1[nH]n(-c2c(Cl)cc(Cl)cc2Cl)c(=O)c1Br. The molecule has 0 saturated heterocycles. The minimum Gasteiger partial charge on any atom is -0.294 e. The lowest BCUT2D eigenvalue weighted by Crippen LogP contribution is -2.15. The molecule has 0 spiro atoms. The van der Waals surface area contributed by atoms with Crippen molar-refractivity contribution >= 4 is 50.7 Å². The van der Waals surface area contributed by atoms with Crippen molar-refractivity contribution in [3.05, 3.63) is 47.7 Å². The molecule has 7 heteroatoms. The monoisotopic (exact) mass is 592 g/mol. The fraction of sp³-hybridized carbons (Fsp3) is 0.667. The summed E-state index contributed by atoms with van der Waals surface area (Å²) in [6, 6.07) is 3.17. The molecule has 1 heterocycles. The summed E-state index contributed by atoms with van der Waals surface area (Å²) in [6.07, 6.45) is 22.3. The standard InChI is InChI=1S/C27H40BrCl3N2O/c1-2-3-4-5-6-7-8-9-10-11-12-13-14-15-16-17-18-24-25(28)27(34)33(32-24)26-22(30)19-21(29)20-23(26)31/h19-20,32H,2-18H2,1H3. The number of aromatic nitrogens is 2. The molecule has 0 aliphatic carbocycles. The van der Waals surface area contributed by atoms with Crippen LogP contribution in [0.15, 0.2) is 21.4 Å². The molecule has 192 valence electrons. The van der Waals surface area contributed by atoms with Gasteiger partial charge in [-0.05, 0) is 40.9 Å². The molecule has 2 rings (SSSR count). The molecule has 0 aliphatic heterocycles. The van der Waals surface area contributed by atoms with Crippen LogP contribution in [0.1, 0.15) is 115 Å². The fourth-order valence-electron chi connectivity index (χ4n) is 4.38. The lowest BCUT2D eigenvalue weighted by atomic mass is 10.0. The van der Waals surface area contributed by atoms with Crippen LogP contribution in [0, 0.1) is 0 Å². The van der Waals surface area contributed by atoms with Crippen LogP contribution in [0.5, 0.6) is 0 Å². The van der Waals surface area contributed by atoms with Crippen LogP contribution in [0.4, 0.5) is 0 Å². The smallest absolute Gasteiger partial charge is 0.285 e. The Morgan fingerprint density at radius 2 is 1.15 bits per heavy atom. The van der Waals surface area contributed by atoms with Crippen molar-refractivity contribution in [1.29, 1.82) is 0 Å². The summed E-state index contributed by atoms with van der Waals surface area (Å²) in [4.78, 5) is 12.7. The van der Waals surface area contributed by atoms with Crippen LogP contribution in [-0.4, -0.2) is 9.78 Å². The second-order valence-electron chi connectivity index (χ2n) is 9.32. The summed E-state index contributed by atoms with van der Waals surface area (Å²) in [5.41, 5.74) is 1.10. The van der Waals surface area contributed by atoms with E-state index >= 15 is 0 Å². The minimum absolute atomic E-state index is 0.197. The molecule has 1 aromatic carbocycles. The van der Waals surface area contributed by atoms with Crippen molar-refractivity contribution < 1.29 is 0 Å². The third-order valence-corrected chi connectivity index (χ3v) is 8.00. The first-order valence-electron chi connectivity index (χ1n) is 13.1. The summed E-state index contributed by atoms with van der Waals surface area (Å²) in [5, 5.41) is 4.27. The van der Waals surface area contributed by atoms with Gasteiger partial charge in [0.1, 0.15) is 10.2 Å². The van der Waals surface area contributed by atoms with E-state index in [9.17, 15) is 4.79 Å². The molecule has 0 saturated carbocycles. The van der Waals surface area contributed by atoms with Gasteiger partial charge in [0, 0.05) is 5.02 Å². The molecular formula is C27H40BrCl3N2O. The van der Waals surface area contributed by atoms with Crippen molar-refractivity contribution in [2.24, 2.45) is 0 Å². The van der Waals surface area contributed by atoms with Gasteiger partial charge >= 0.3 is 0 Å². The van der Waals surface area contributed by atoms with Gasteiger partial charge in [0.25, 0.3) is 5.56 Å². The van der Waals surface area contributed by atoms with Crippen LogP contribution in [0.2, 0.25) is 15.1 Å². The lowest BCUT2D eigenvalue weighted by molar-refractivity contribution is 0.529. The number of H-pyrrole nitrogens is 1. The largest absolute Gasteiger partial charge is 0.294 e. The van der Waals surface area contributed by atoms with Crippen molar-refractivity contribution in [3.8, 4) is 5.69 Å². The number of nitrogens with one attached hydrogen (secondary N) is 1. The van der Waals surface area contributed by atoms with Crippen molar-refractivity contribution in [2.45, 2.75) is 116 Å². The zero-order chi connectivity index (χ0) is 24.8. The molecule has 0 radical (unpaired) electrons. The number of benzene rings is 1. The van der Waals surface area contributed by atoms with Gasteiger partial charge in [0.2, 0.25) is 0 Å². The molecule has 0 amide bonds. The van der Waals surface area contributed by atoms with Crippen LogP contribution in [0.3, 0.4) is 0 Å². The van der Waals surface area contributed by atoms with Gasteiger partial charge in [0.05, 0.1) is 15.7 Å². The number of hydrogen-bond donors (Lipinski definition) is 1. The van der Waals surface area contributed by atoms with E-state index in [-0.39, 0.29) is 5.56 Å². The highest BCUT2D eigenvalue weighted by atomic mass is 79.9. The van der Waals surface area contributed by atoms with Gasteiger partial charge < -0.3 is 0 Å². The fourth-order valence-corrected chi connectivity index (χ4v) is 5.83. The molecule has 2 aromatic rings. The third-order valence-electron chi connectivity index (χ3n) is 6.39. The van der Waals surface area contributed by atoms with E-state index in [2.05, 4.69) is 28.0 Å². The maximum absolute atomic E-state index is 12.7. The second kappa shape index (κ2) is 17.1. The van der Waals surface area contributed by atoms with Crippen molar-refractivity contribution in [1.82, 2.24) is 9.78 Å². The quantitative estimate of drug-likeness (QED) is 0.171. The van der Waals surface area contributed by atoms with E-state index in [0.29, 0.717) is 25.2 Å². The lowest BCUT2D eigenvalue weighted by Gasteiger charge is -2.08. The predicted molar refractivity (Wildman–Crippen MR) is 152 cm³/mol. The van der Waals surface area contributed by atoms with Gasteiger partial charge in [-0.1, -0.05) is 138 Å². The first kappa shape index (κ1) is 29.8. The number of nitrogens with zero attached hydrogens (tertiary/aromatic N) is 1. The first-order valence-corrected chi connectivity index (χ1v) is 15.0. The normalized spacial score (nSPS) is 11.4. The average molecular weight is 595 g/mol. The van der Waals surface area contributed by atoms with E-state index in [4.69, 9.17) is 34.8 Å². The summed E-state index contributed by atoms with van der Waals surface area (Å²) in [5.74, 6) is 0. The molecule has 34 heavy (non-hydrogen) atoms. The average Bonchev–Trinajstić information content (AvgIpc) is 3.06. The highest BCUT2D eigenvalue weighted by molar-refractivity contribution is 9.10. The van der Waals surface area contributed by atoms with E-state index in [1.54, 1.807) is 12.1 Å². The Hall–Kier alpha value is -0.420. The molecule has 3 nitrogen and oxygen atoms in total. The molecule has 1 N–H and O–H groups in total. The number of unbranched alkanes of at least 4 members (excludes halogenated alkanes) is 15. The topological polar surface area (TPSA) is 37.8 Å². The van der Waals surface area contributed by atoms with Gasteiger partial charge in [-0.15, -0.1) is 0 Å². The third kappa shape index (κ3) is 10.3. The van der Waals surface area contributed by atoms with Crippen molar-refractivity contribution in [3.63, 3.8) is 0 Å². The molecule has 0 bridgehead atoms. The molecule has 0 fully saturated rings. The maximum Gasteiger partial charge on any atom is 0.285 e. The Morgan fingerprint density at radius 1 is 0.735 bits per heavy atom. The summed E-state index contributed by atoms with van der Waals surface area (Å²) < 4.78 is 1.93. The molecule has 0 aliphatic rings. The van der Waals surface area contributed by atoms with Crippen molar-refractivity contribution in [2.75, 3.05) is 0 Å². The van der Waals surface area contributed by atoms with Gasteiger partial charge in [0.15, 0.2) is 0 Å². The molecular weight excluding hydrogens is 555 g/mol. The summed E-state index contributed by atoms with van der Waals surface area (Å²) in [6.45, 7) is 2.28. The first-order chi connectivity index (χ1) is 16.5. The van der Waals surface area contributed by atoms with E-state index in [1.165, 1.54) is 101 Å². The zero-order valence-electron chi connectivity index (χ0n) is 20.5. The molecule has 0 atom stereocenters. The molecule has 0 unspecified atom stereocenters. The Balaban J connectivity index is 1.57.